The number of carboxylic acid groups (broad SMARTS) is 1. The number of alkyl halides is 2. The SMILES string of the molecule is CC(=CCNCCOCC(F)F)C(=O)O. The zero-order valence-corrected chi connectivity index (χ0v) is 8.50. The van der Waals surface area contributed by atoms with Crippen LogP contribution in [-0.2, 0) is 9.53 Å². The first-order valence-electron chi connectivity index (χ1n) is 4.50. The summed E-state index contributed by atoms with van der Waals surface area (Å²) in [5.41, 5.74) is 0.246. The number of ether oxygens (including phenoxy) is 1. The Morgan fingerprint density at radius 3 is 2.80 bits per heavy atom. The second kappa shape index (κ2) is 8.31. The van der Waals surface area contributed by atoms with Crippen molar-refractivity contribution in [3.63, 3.8) is 0 Å². The third kappa shape index (κ3) is 9.30. The van der Waals surface area contributed by atoms with E-state index in [1.54, 1.807) is 0 Å². The van der Waals surface area contributed by atoms with Crippen LogP contribution in [-0.4, -0.2) is 43.8 Å². The van der Waals surface area contributed by atoms with Gasteiger partial charge < -0.3 is 15.2 Å². The molecule has 88 valence electrons. The van der Waals surface area contributed by atoms with Gasteiger partial charge in [-0.05, 0) is 6.92 Å². The molecule has 0 atom stereocenters. The highest BCUT2D eigenvalue weighted by atomic mass is 19.3. The van der Waals surface area contributed by atoms with Crippen molar-refractivity contribution in [2.45, 2.75) is 13.3 Å². The van der Waals surface area contributed by atoms with Crippen LogP contribution in [0, 0.1) is 0 Å². The van der Waals surface area contributed by atoms with Gasteiger partial charge in [0.1, 0.15) is 6.61 Å². The van der Waals surface area contributed by atoms with Gasteiger partial charge in [-0.2, -0.15) is 0 Å². The molecule has 2 N–H and O–H groups in total. The first-order valence-corrected chi connectivity index (χ1v) is 4.50. The van der Waals surface area contributed by atoms with Gasteiger partial charge in [0.25, 0.3) is 6.43 Å². The van der Waals surface area contributed by atoms with Crippen LogP contribution >= 0.6 is 0 Å². The number of carbonyl (C=O) groups is 1. The maximum absolute atomic E-state index is 11.6. The van der Waals surface area contributed by atoms with Crippen LogP contribution in [0.15, 0.2) is 11.6 Å². The summed E-state index contributed by atoms with van der Waals surface area (Å²) in [6.07, 6.45) is -0.936. The van der Waals surface area contributed by atoms with Gasteiger partial charge in [0.15, 0.2) is 0 Å². The largest absolute Gasteiger partial charge is 0.478 e. The molecule has 0 aromatic carbocycles. The van der Waals surface area contributed by atoms with Crippen LogP contribution in [0.5, 0.6) is 0 Å². The topological polar surface area (TPSA) is 58.6 Å². The second-order valence-corrected chi connectivity index (χ2v) is 2.86. The van der Waals surface area contributed by atoms with Crippen molar-refractivity contribution in [2.75, 3.05) is 26.3 Å². The number of carboxylic acids is 1. The van der Waals surface area contributed by atoms with Gasteiger partial charge in [-0.1, -0.05) is 6.08 Å². The third-order valence-corrected chi connectivity index (χ3v) is 1.56. The molecule has 0 amide bonds. The van der Waals surface area contributed by atoms with E-state index in [9.17, 15) is 13.6 Å². The number of rotatable bonds is 8. The smallest absolute Gasteiger partial charge is 0.330 e. The molecular formula is C9H15F2NO3. The maximum Gasteiger partial charge on any atom is 0.330 e. The van der Waals surface area contributed by atoms with Crippen LogP contribution in [0.2, 0.25) is 0 Å². The summed E-state index contributed by atoms with van der Waals surface area (Å²) in [4.78, 5) is 10.3. The number of hydrogen-bond donors (Lipinski definition) is 2. The van der Waals surface area contributed by atoms with Crippen molar-refractivity contribution < 1.29 is 23.4 Å². The van der Waals surface area contributed by atoms with Gasteiger partial charge in [0, 0.05) is 18.7 Å². The van der Waals surface area contributed by atoms with Gasteiger partial charge in [0.05, 0.1) is 6.61 Å². The monoisotopic (exact) mass is 223 g/mol. The molecule has 0 radical (unpaired) electrons. The van der Waals surface area contributed by atoms with E-state index in [1.165, 1.54) is 13.0 Å². The number of hydrogen-bond acceptors (Lipinski definition) is 3. The van der Waals surface area contributed by atoms with E-state index in [-0.39, 0.29) is 12.2 Å². The zero-order valence-electron chi connectivity index (χ0n) is 8.50. The van der Waals surface area contributed by atoms with Crippen molar-refractivity contribution in [3.8, 4) is 0 Å². The van der Waals surface area contributed by atoms with Crippen molar-refractivity contribution >= 4 is 5.97 Å². The van der Waals surface area contributed by atoms with E-state index >= 15 is 0 Å². The van der Waals surface area contributed by atoms with E-state index in [2.05, 4.69) is 10.1 Å². The van der Waals surface area contributed by atoms with Gasteiger partial charge >= 0.3 is 5.97 Å². The Hall–Kier alpha value is -1.01. The second-order valence-electron chi connectivity index (χ2n) is 2.86. The van der Waals surface area contributed by atoms with Crippen molar-refractivity contribution in [3.05, 3.63) is 11.6 Å². The minimum absolute atomic E-state index is 0.185. The normalized spacial score (nSPS) is 12.1. The Morgan fingerprint density at radius 2 is 2.27 bits per heavy atom. The molecule has 6 heteroatoms. The minimum Gasteiger partial charge on any atom is -0.478 e. The number of nitrogens with one attached hydrogen (secondary N) is 1. The summed E-state index contributed by atoms with van der Waals surface area (Å²) in [7, 11) is 0. The Balaban J connectivity index is 3.32. The predicted octanol–water partition coefficient (Wildman–Crippen LogP) is 0.889. The van der Waals surface area contributed by atoms with Crippen LogP contribution in [0.1, 0.15) is 6.92 Å². The lowest BCUT2D eigenvalue weighted by atomic mass is 10.3. The quantitative estimate of drug-likeness (QED) is 0.474. The standard InChI is InChI=1S/C9H15F2NO3/c1-7(9(13)14)2-3-12-4-5-15-6-8(10)11/h2,8,12H,3-6H2,1H3,(H,13,14). The molecular weight excluding hydrogens is 208 g/mol. The predicted molar refractivity (Wildman–Crippen MR) is 51.1 cm³/mol. The van der Waals surface area contributed by atoms with Crippen LogP contribution in [0.4, 0.5) is 8.78 Å². The van der Waals surface area contributed by atoms with Gasteiger partial charge in [-0.25, -0.2) is 13.6 Å². The Bertz CT molecular complexity index is 219. The third-order valence-electron chi connectivity index (χ3n) is 1.56. The van der Waals surface area contributed by atoms with Gasteiger partial charge in [0.2, 0.25) is 0 Å². The molecule has 15 heavy (non-hydrogen) atoms. The molecule has 0 unspecified atom stereocenters. The fraction of sp³-hybridized carbons (Fsp3) is 0.667. The van der Waals surface area contributed by atoms with Crippen molar-refractivity contribution in [1.82, 2.24) is 5.32 Å². The fourth-order valence-electron chi connectivity index (χ4n) is 0.731. The lowest BCUT2D eigenvalue weighted by molar-refractivity contribution is -0.132. The first-order chi connectivity index (χ1) is 7.04. The van der Waals surface area contributed by atoms with E-state index in [4.69, 9.17) is 5.11 Å². The molecule has 0 aromatic rings. The Kier molecular flexibility index (Phi) is 7.75. The summed E-state index contributed by atoms with van der Waals surface area (Å²) in [5, 5.41) is 11.3. The molecule has 0 rings (SSSR count). The lowest BCUT2D eigenvalue weighted by Crippen LogP contribution is -2.21. The molecule has 0 aliphatic heterocycles. The molecule has 0 aliphatic carbocycles. The highest BCUT2D eigenvalue weighted by Gasteiger charge is 2.00. The summed E-state index contributed by atoms with van der Waals surface area (Å²) in [6.45, 7) is 1.90. The maximum atomic E-state index is 11.6. The summed E-state index contributed by atoms with van der Waals surface area (Å²) < 4.78 is 27.8. The molecule has 0 heterocycles. The van der Waals surface area contributed by atoms with Crippen LogP contribution < -0.4 is 5.32 Å². The molecule has 0 spiro atoms. The highest BCUT2D eigenvalue weighted by molar-refractivity contribution is 5.85. The lowest BCUT2D eigenvalue weighted by Gasteiger charge is -2.03. The summed E-state index contributed by atoms with van der Waals surface area (Å²) in [5.74, 6) is -0.967. The molecule has 0 saturated heterocycles. The van der Waals surface area contributed by atoms with E-state index in [0.29, 0.717) is 13.1 Å². The highest BCUT2D eigenvalue weighted by Crippen LogP contribution is 1.91. The van der Waals surface area contributed by atoms with E-state index in [0.717, 1.165) is 0 Å². The summed E-state index contributed by atoms with van der Waals surface area (Å²) >= 11 is 0. The number of aliphatic carboxylic acids is 1. The number of halogens is 2. The molecule has 0 bridgehead atoms. The average molecular weight is 223 g/mol. The van der Waals surface area contributed by atoms with Crippen molar-refractivity contribution in [2.24, 2.45) is 0 Å². The van der Waals surface area contributed by atoms with E-state index < -0.39 is 19.0 Å². The fourth-order valence-corrected chi connectivity index (χ4v) is 0.731. The zero-order chi connectivity index (χ0) is 11.7. The minimum atomic E-state index is -2.45. The molecule has 0 aliphatic rings. The first kappa shape index (κ1) is 14.0. The summed E-state index contributed by atoms with van der Waals surface area (Å²) in [6, 6.07) is 0. The van der Waals surface area contributed by atoms with Crippen molar-refractivity contribution in [1.29, 1.82) is 0 Å². The Morgan fingerprint density at radius 1 is 1.60 bits per heavy atom. The molecule has 0 saturated carbocycles. The van der Waals surface area contributed by atoms with E-state index in [1.807, 2.05) is 0 Å². The average Bonchev–Trinajstić information content (AvgIpc) is 2.15. The Labute approximate surface area is 86.9 Å². The van der Waals surface area contributed by atoms with Crippen LogP contribution in [0.3, 0.4) is 0 Å². The molecule has 0 fully saturated rings. The van der Waals surface area contributed by atoms with Crippen LogP contribution in [0.25, 0.3) is 0 Å². The van der Waals surface area contributed by atoms with Gasteiger partial charge in [-0.3, -0.25) is 0 Å². The van der Waals surface area contributed by atoms with Gasteiger partial charge in [-0.15, -0.1) is 0 Å². The molecule has 0 aromatic heterocycles. The molecule has 4 nitrogen and oxygen atoms in total.